The van der Waals surface area contributed by atoms with Gasteiger partial charge in [0.2, 0.25) is 23.6 Å². The number of aryl methyl sites for hydroxylation is 4. The molecule has 20 heterocycles. The van der Waals surface area contributed by atoms with Crippen LogP contribution in [0.5, 0.6) is 0 Å². The minimum Gasteiger partial charge on any atom is -0.383 e. The second-order valence-electron chi connectivity index (χ2n) is 36.9. The zero-order valence-electron chi connectivity index (χ0n) is 78.2. The number of nitrogen functional groups attached to an aromatic ring is 4. The summed E-state index contributed by atoms with van der Waals surface area (Å²) in [6.07, 6.45) is 21.2. The van der Waals surface area contributed by atoms with Crippen molar-refractivity contribution in [3.63, 3.8) is 0 Å². The van der Waals surface area contributed by atoms with E-state index in [9.17, 15) is 36.7 Å². The summed E-state index contributed by atoms with van der Waals surface area (Å²) in [6, 6.07) is 23.0. The fraction of sp³-hybridized carbons (Fsp3) is 0.327. The molecule has 0 aromatic carbocycles. The number of aromatic nitrogens is 20. The molecule has 4 aliphatic carbocycles. The highest BCUT2D eigenvalue weighted by molar-refractivity contribution is 5.99. The lowest BCUT2D eigenvalue weighted by molar-refractivity contribution is -0.130. The number of pyridine rings is 12. The summed E-state index contributed by atoms with van der Waals surface area (Å²) in [7, 11) is 1.80. The van der Waals surface area contributed by atoms with Crippen molar-refractivity contribution in [3.05, 3.63) is 212 Å². The largest absolute Gasteiger partial charge is 0.383 e. The number of hydrogen-bond acceptors (Lipinski definition) is 28. The van der Waals surface area contributed by atoms with Gasteiger partial charge < -0.3 is 65.1 Å². The smallest absolute Gasteiger partial charge is 0.244 e. The number of nitrogens with zero attached hydrogens (tertiary/aromatic N) is 21. The number of carbonyl (C=O) groups excluding carboxylic acids is 4. The molecule has 141 heavy (non-hydrogen) atoms. The molecule has 36 nitrogen and oxygen atoms in total. The molecular weight excluding hydrogens is 1800 g/mol. The lowest BCUT2D eigenvalue weighted by Gasteiger charge is -2.22. The van der Waals surface area contributed by atoms with E-state index in [1.165, 1.54) is 0 Å². The van der Waals surface area contributed by atoms with E-state index in [0.29, 0.717) is 186 Å². The number of fused-ring (bicyclic) bond motifs is 12. The Morgan fingerprint density at radius 2 is 0.574 bits per heavy atom. The minimum atomic E-state index is -1.00. The van der Waals surface area contributed by atoms with Crippen LogP contribution in [0.3, 0.4) is 0 Å². The SMILES string of the molecule is Cc1c(-c2cc3cc(Nc4cc5n(n4)CC(=O)N(C)CC5)ncc3c(N)n2)cnc2c1C(F)CCC2.Cc1c(-c2cc3cc(Nc4cc5n(n4)CC(=O)NCC5)ncc3c(N)n2)cnc2c1C(F)CCC2.Cc1c(-c2cc3cc(Nc4cc5n(n4)CC(=O)NCC5)ncc3c(N)n2)cnc2c1[C@@H](F)CCC2.Cc1c(-c2cc3cc(Nc4cc5n(n4)CC(=O)NCC5)ncc3c(N)n2)cnc2c1[C@H](F)CCC2. The molecule has 2 unspecified atom stereocenters. The molecule has 0 radical (unpaired) electrons. The number of hydrogen-bond donors (Lipinski definition) is 11. The lowest BCUT2D eigenvalue weighted by atomic mass is 9.88. The van der Waals surface area contributed by atoms with E-state index in [4.69, 9.17) is 22.9 Å². The number of anilines is 12. The molecule has 0 saturated carbocycles. The highest BCUT2D eigenvalue weighted by atomic mass is 19.1. The van der Waals surface area contributed by atoms with Crippen LogP contribution in [0, 0.1) is 27.7 Å². The molecule has 8 aliphatic rings. The van der Waals surface area contributed by atoms with Crippen molar-refractivity contribution >= 4 is 137 Å². The van der Waals surface area contributed by atoms with Crippen LogP contribution in [0.15, 0.2) is 122 Å². The second kappa shape index (κ2) is 37.9. The van der Waals surface area contributed by atoms with Crippen LogP contribution >= 0.6 is 0 Å². The lowest BCUT2D eigenvalue weighted by Crippen LogP contribution is -2.29. The van der Waals surface area contributed by atoms with E-state index in [1.54, 1.807) is 80.2 Å². The molecule has 15 N–H and O–H groups in total. The molecule has 0 spiro atoms. The highest BCUT2D eigenvalue weighted by Gasteiger charge is 2.33. The van der Waals surface area contributed by atoms with Crippen LogP contribution in [0.4, 0.5) is 87.4 Å². The first-order valence-electron chi connectivity index (χ1n) is 47.4. The summed E-state index contributed by atoms with van der Waals surface area (Å²) in [5.74, 6) is 6.15. The second-order valence-corrected chi connectivity index (χ2v) is 36.9. The first-order chi connectivity index (χ1) is 68.2. The van der Waals surface area contributed by atoms with Gasteiger partial charge in [-0.1, -0.05) is 0 Å². The predicted molar refractivity (Wildman–Crippen MR) is 528 cm³/mol. The number of nitrogens with one attached hydrogen (secondary N) is 7. The maximum atomic E-state index is 14.7. The molecule has 24 rings (SSSR count). The van der Waals surface area contributed by atoms with Crippen LogP contribution in [0.25, 0.3) is 88.1 Å². The first-order valence-corrected chi connectivity index (χ1v) is 47.4. The van der Waals surface area contributed by atoms with Crippen LogP contribution < -0.4 is 60.2 Å². The molecule has 0 saturated heterocycles. The molecule has 4 atom stereocenters. The summed E-state index contributed by atoms with van der Waals surface area (Å²) >= 11 is 0. The van der Waals surface area contributed by atoms with Crippen LogP contribution in [-0.2, 0) is 96.7 Å². The van der Waals surface area contributed by atoms with Crippen molar-refractivity contribution in [2.45, 2.75) is 181 Å². The zero-order chi connectivity index (χ0) is 97.3. The fourth-order valence-electron chi connectivity index (χ4n) is 20.2. The van der Waals surface area contributed by atoms with Gasteiger partial charge in [0.05, 0.1) is 22.8 Å². The van der Waals surface area contributed by atoms with E-state index < -0.39 is 24.7 Å². The van der Waals surface area contributed by atoms with Gasteiger partial charge in [-0.3, -0.25) is 57.8 Å². The summed E-state index contributed by atoms with van der Waals surface area (Å²) in [5.41, 5.74) is 44.4. The third-order valence-electron chi connectivity index (χ3n) is 27.6. The highest BCUT2D eigenvalue weighted by Crippen LogP contribution is 2.45. The van der Waals surface area contributed by atoms with Gasteiger partial charge >= 0.3 is 0 Å². The maximum absolute atomic E-state index is 14.7. The molecule has 4 amide bonds. The Bertz CT molecular complexity index is 7220. The standard InChI is InChI=1S/C26H27FN8O.3C25H25FN8O/c1-14-17(11-29-20-5-3-4-19(27)25(14)20)21-8-15-9-22(30-12-18(15)26(28)31-21)32-23-10-16-6-7-34(2)24(36)13-35(16)33-23;3*1-13-16(10-29-19-4-2-3-18(26)24(13)19)20-7-14-8-21(30-11-17(14)25(27)31-20)32-22-9-15-5-6-28-23(35)12-34(15)33-22/h8-12,19H,3-7,13H2,1-2H3,(H2,28,31)(H,30,32,33);3*7-11,18H,2-6,12H2,1H3,(H2,27,31)(H,28,35)(H,30,32,33)/t;2*18-;/m.10./s1. The van der Waals surface area contributed by atoms with Gasteiger partial charge in [0, 0.05) is 244 Å². The molecule has 16 aromatic heterocycles. The van der Waals surface area contributed by atoms with Gasteiger partial charge in [0.25, 0.3) is 0 Å². The zero-order valence-corrected chi connectivity index (χ0v) is 78.2. The van der Waals surface area contributed by atoms with Gasteiger partial charge in [-0.15, -0.1) is 0 Å². The monoisotopic (exact) mass is 1900 g/mol. The van der Waals surface area contributed by atoms with Gasteiger partial charge in [0.15, 0.2) is 23.3 Å². The Labute approximate surface area is 805 Å². The van der Waals surface area contributed by atoms with Crippen LogP contribution in [0.2, 0.25) is 0 Å². The average molecular weight is 1900 g/mol. The van der Waals surface area contributed by atoms with Gasteiger partial charge in [-0.05, 0) is 197 Å². The van der Waals surface area contributed by atoms with E-state index in [0.717, 1.165) is 191 Å². The van der Waals surface area contributed by atoms with E-state index in [2.05, 4.69) is 117 Å². The maximum Gasteiger partial charge on any atom is 0.244 e. The van der Waals surface area contributed by atoms with Crippen molar-refractivity contribution in [2.75, 3.05) is 77.4 Å². The first kappa shape index (κ1) is 91.1. The number of rotatable bonds is 12. The molecule has 40 heteroatoms. The van der Waals surface area contributed by atoms with Gasteiger partial charge in [0.1, 0.15) is 97.4 Å². The third-order valence-corrected chi connectivity index (χ3v) is 27.6. The molecule has 0 bridgehead atoms. The summed E-state index contributed by atoms with van der Waals surface area (Å²) in [6.45, 7) is 11.0. The molecule has 16 aromatic rings. The number of amides is 4. The van der Waals surface area contributed by atoms with Gasteiger partial charge in [-0.25, -0.2) is 57.4 Å². The van der Waals surface area contributed by atoms with Gasteiger partial charge in [-0.2, -0.15) is 20.4 Å². The van der Waals surface area contributed by atoms with E-state index in [-0.39, 0.29) is 49.8 Å². The van der Waals surface area contributed by atoms with E-state index in [1.807, 2.05) is 100 Å². The average Bonchev–Trinajstić information content (AvgIpc) is 1.60. The summed E-state index contributed by atoms with van der Waals surface area (Å²) in [5, 5.41) is 45.8. The number of carbonyl (C=O) groups is 4. The third kappa shape index (κ3) is 18.5. The number of nitrogens with two attached hydrogens (primary N) is 4. The number of alkyl halides is 4. The van der Waals surface area contributed by atoms with Crippen molar-refractivity contribution in [1.29, 1.82) is 0 Å². The van der Waals surface area contributed by atoms with Crippen molar-refractivity contribution < 1.29 is 36.7 Å². The van der Waals surface area contributed by atoms with Crippen molar-refractivity contribution in [3.8, 4) is 45.0 Å². The van der Waals surface area contributed by atoms with Crippen LogP contribution in [-0.4, -0.2) is 161 Å². The Morgan fingerprint density at radius 3 is 0.844 bits per heavy atom. The topological polar surface area (TPSA) is 486 Å². The molecule has 0 fully saturated rings. The number of halogens is 4. The predicted octanol–water partition coefficient (Wildman–Crippen LogP) is 14.5. The van der Waals surface area contributed by atoms with Crippen molar-refractivity contribution in [2.24, 2.45) is 0 Å². The summed E-state index contributed by atoms with van der Waals surface area (Å²) in [4.78, 5) is 104. The quantitative estimate of drug-likeness (QED) is 0.0506. The van der Waals surface area contributed by atoms with E-state index >= 15 is 0 Å². The van der Waals surface area contributed by atoms with Crippen molar-refractivity contribution in [1.82, 2.24) is 120 Å². The Hall–Kier alpha value is -16.3. The Balaban J connectivity index is 0.000000111. The summed E-state index contributed by atoms with van der Waals surface area (Å²) < 4.78 is 65.8. The number of likely N-dealkylation sites (N-methyl/N-ethyl adjacent to an activating group) is 1. The van der Waals surface area contributed by atoms with Crippen LogP contribution in [0.1, 0.15) is 166 Å². The minimum absolute atomic E-state index is 0.0359. The normalized spacial score (nSPS) is 17.5. The molecule has 718 valence electrons. The Kier molecular flexibility index (Phi) is 24.5. The fourth-order valence-corrected chi connectivity index (χ4v) is 20.2. The Morgan fingerprint density at radius 1 is 0.319 bits per heavy atom. The molecule has 4 aliphatic heterocycles. The molecular formula is C101H102F4N32O4.